The molecule has 4 heteroatoms. The summed E-state index contributed by atoms with van der Waals surface area (Å²) < 4.78 is 0. The Labute approximate surface area is 73.1 Å². The lowest BCUT2D eigenvalue weighted by atomic mass is 10.1. The molecule has 0 bridgehead atoms. The standard InChI is InChI=1S/C8H17N3O/c1-11-5-2-7(6-11)8(12)10-4-3-9/h7H,2-6,9H2,1H3,(H,10,12). The fraction of sp³-hybridized carbons (Fsp3) is 0.875. The monoisotopic (exact) mass is 171 g/mol. The fourth-order valence-corrected chi connectivity index (χ4v) is 1.49. The van der Waals surface area contributed by atoms with Crippen molar-refractivity contribution in [3.8, 4) is 0 Å². The first-order valence-corrected chi connectivity index (χ1v) is 4.40. The Morgan fingerprint density at radius 3 is 3.00 bits per heavy atom. The SMILES string of the molecule is CN1CCC(C(=O)NCCN)C1. The van der Waals surface area contributed by atoms with E-state index in [-0.39, 0.29) is 11.8 Å². The molecule has 1 aliphatic rings. The van der Waals surface area contributed by atoms with Crippen LogP contribution in [-0.4, -0.2) is 44.0 Å². The molecule has 0 aliphatic carbocycles. The number of rotatable bonds is 3. The maximum atomic E-state index is 11.4. The highest BCUT2D eigenvalue weighted by Crippen LogP contribution is 2.13. The van der Waals surface area contributed by atoms with Gasteiger partial charge < -0.3 is 16.0 Å². The van der Waals surface area contributed by atoms with Crippen molar-refractivity contribution in [3.63, 3.8) is 0 Å². The number of likely N-dealkylation sites (tertiary alicyclic amines) is 1. The van der Waals surface area contributed by atoms with Crippen molar-refractivity contribution >= 4 is 5.91 Å². The summed E-state index contributed by atoms with van der Waals surface area (Å²) in [6.07, 6.45) is 0.979. The fourth-order valence-electron chi connectivity index (χ4n) is 1.49. The molecule has 1 atom stereocenters. The third-order valence-electron chi connectivity index (χ3n) is 2.21. The summed E-state index contributed by atoms with van der Waals surface area (Å²) >= 11 is 0. The van der Waals surface area contributed by atoms with Crippen LogP contribution in [0, 0.1) is 5.92 Å². The summed E-state index contributed by atoms with van der Waals surface area (Å²) in [5.74, 6) is 0.339. The molecule has 70 valence electrons. The van der Waals surface area contributed by atoms with Gasteiger partial charge in [0.2, 0.25) is 5.91 Å². The molecule has 0 radical (unpaired) electrons. The molecule has 1 fully saturated rings. The first-order valence-electron chi connectivity index (χ1n) is 4.40. The van der Waals surface area contributed by atoms with Gasteiger partial charge in [0.1, 0.15) is 0 Å². The van der Waals surface area contributed by atoms with E-state index < -0.39 is 0 Å². The van der Waals surface area contributed by atoms with Crippen LogP contribution in [0.15, 0.2) is 0 Å². The number of carbonyl (C=O) groups excluding carboxylic acids is 1. The van der Waals surface area contributed by atoms with Gasteiger partial charge in [-0.05, 0) is 20.0 Å². The van der Waals surface area contributed by atoms with E-state index in [9.17, 15) is 4.79 Å². The minimum Gasteiger partial charge on any atom is -0.355 e. The van der Waals surface area contributed by atoms with Crippen molar-refractivity contribution in [1.82, 2.24) is 10.2 Å². The van der Waals surface area contributed by atoms with Crippen molar-refractivity contribution in [2.75, 3.05) is 33.2 Å². The second-order valence-electron chi connectivity index (χ2n) is 3.33. The van der Waals surface area contributed by atoms with Gasteiger partial charge >= 0.3 is 0 Å². The highest BCUT2D eigenvalue weighted by molar-refractivity contribution is 5.79. The van der Waals surface area contributed by atoms with Crippen molar-refractivity contribution in [2.24, 2.45) is 11.7 Å². The smallest absolute Gasteiger partial charge is 0.224 e. The molecule has 4 nitrogen and oxygen atoms in total. The number of nitrogens with two attached hydrogens (primary N) is 1. The summed E-state index contributed by atoms with van der Waals surface area (Å²) in [6, 6.07) is 0. The highest BCUT2D eigenvalue weighted by atomic mass is 16.1. The Kier molecular flexibility index (Phi) is 3.49. The molecule has 1 unspecified atom stereocenters. The van der Waals surface area contributed by atoms with Crippen LogP contribution in [0.1, 0.15) is 6.42 Å². The van der Waals surface area contributed by atoms with Gasteiger partial charge in [-0.15, -0.1) is 0 Å². The Morgan fingerprint density at radius 1 is 1.75 bits per heavy atom. The molecule has 0 spiro atoms. The Morgan fingerprint density at radius 2 is 2.50 bits per heavy atom. The molecular formula is C8H17N3O. The zero-order valence-electron chi connectivity index (χ0n) is 7.55. The second-order valence-corrected chi connectivity index (χ2v) is 3.33. The van der Waals surface area contributed by atoms with Crippen molar-refractivity contribution in [1.29, 1.82) is 0 Å². The molecule has 3 N–H and O–H groups in total. The van der Waals surface area contributed by atoms with Gasteiger partial charge in [0, 0.05) is 19.6 Å². The molecular weight excluding hydrogens is 154 g/mol. The lowest BCUT2D eigenvalue weighted by Crippen LogP contribution is -2.35. The average Bonchev–Trinajstić information content (AvgIpc) is 2.47. The number of hydrogen-bond acceptors (Lipinski definition) is 3. The van der Waals surface area contributed by atoms with Crippen LogP contribution in [0.4, 0.5) is 0 Å². The third kappa shape index (κ3) is 2.46. The highest BCUT2D eigenvalue weighted by Gasteiger charge is 2.25. The molecule has 0 aromatic rings. The molecule has 1 saturated heterocycles. The van der Waals surface area contributed by atoms with Crippen molar-refractivity contribution < 1.29 is 4.79 Å². The predicted molar refractivity (Wildman–Crippen MR) is 47.7 cm³/mol. The van der Waals surface area contributed by atoms with Gasteiger partial charge in [0.25, 0.3) is 0 Å². The van der Waals surface area contributed by atoms with Crippen molar-refractivity contribution in [2.45, 2.75) is 6.42 Å². The van der Waals surface area contributed by atoms with Crippen LogP contribution >= 0.6 is 0 Å². The van der Waals surface area contributed by atoms with E-state index >= 15 is 0 Å². The van der Waals surface area contributed by atoms with Gasteiger partial charge in [-0.1, -0.05) is 0 Å². The average molecular weight is 171 g/mol. The van der Waals surface area contributed by atoms with Crippen LogP contribution in [0.5, 0.6) is 0 Å². The Balaban J connectivity index is 2.23. The minimum absolute atomic E-state index is 0.157. The number of carbonyl (C=O) groups is 1. The lowest BCUT2D eigenvalue weighted by molar-refractivity contribution is -0.124. The van der Waals surface area contributed by atoms with Crippen LogP contribution in [0.3, 0.4) is 0 Å². The van der Waals surface area contributed by atoms with Crippen LogP contribution in [0.25, 0.3) is 0 Å². The van der Waals surface area contributed by atoms with E-state index in [0.717, 1.165) is 19.5 Å². The first-order chi connectivity index (χ1) is 5.74. The zero-order valence-corrected chi connectivity index (χ0v) is 7.55. The van der Waals surface area contributed by atoms with Gasteiger partial charge in [-0.25, -0.2) is 0 Å². The van der Waals surface area contributed by atoms with E-state index in [1.165, 1.54) is 0 Å². The van der Waals surface area contributed by atoms with Crippen LogP contribution < -0.4 is 11.1 Å². The quantitative estimate of drug-likeness (QED) is 0.573. The van der Waals surface area contributed by atoms with E-state index in [2.05, 4.69) is 10.2 Å². The van der Waals surface area contributed by atoms with Gasteiger partial charge in [0.05, 0.1) is 5.92 Å². The summed E-state index contributed by atoms with van der Waals surface area (Å²) in [5.41, 5.74) is 5.28. The van der Waals surface area contributed by atoms with Gasteiger partial charge in [0.15, 0.2) is 0 Å². The van der Waals surface area contributed by atoms with Gasteiger partial charge in [-0.2, -0.15) is 0 Å². The normalized spacial score (nSPS) is 24.3. The van der Waals surface area contributed by atoms with E-state index in [4.69, 9.17) is 5.73 Å². The summed E-state index contributed by atoms with van der Waals surface area (Å²) in [4.78, 5) is 13.5. The number of nitrogens with zero attached hydrogens (tertiary/aromatic N) is 1. The predicted octanol–water partition coefficient (Wildman–Crippen LogP) is -0.987. The lowest BCUT2D eigenvalue weighted by Gasteiger charge is -2.10. The molecule has 1 amide bonds. The maximum Gasteiger partial charge on any atom is 0.224 e. The molecule has 0 aromatic carbocycles. The minimum atomic E-state index is 0.157. The largest absolute Gasteiger partial charge is 0.355 e. The maximum absolute atomic E-state index is 11.4. The second kappa shape index (κ2) is 4.42. The van der Waals surface area contributed by atoms with E-state index in [1.54, 1.807) is 0 Å². The number of nitrogens with one attached hydrogen (secondary N) is 1. The molecule has 1 aliphatic heterocycles. The number of amides is 1. The Hall–Kier alpha value is -0.610. The van der Waals surface area contributed by atoms with Gasteiger partial charge in [-0.3, -0.25) is 4.79 Å². The van der Waals surface area contributed by atoms with Crippen LogP contribution in [-0.2, 0) is 4.79 Å². The zero-order chi connectivity index (χ0) is 8.97. The summed E-state index contributed by atoms with van der Waals surface area (Å²) in [6.45, 7) is 3.03. The first kappa shape index (κ1) is 9.48. The molecule has 12 heavy (non-hydrogen) atoms. The van der Waals surface area contributed by atoms with E-state index in [0.29, 0.717) is 13.1 Å². The number of hydrogen-bond donors (Lipinski definition) is 2. The Bertz CT molecular complexity index is 160. The summed E-state index contributed by atoms with van der Waals surface area (Å²) in [5, 5.41) is 2.80. The van der Waals surface area contributed by atoms with Crippen LogP contribution in [0.2, 0.25) is 0 Å². The van der Waals surface area contributed by atoms with Crippen molar-refractivity contribution in [3.05, 3.63) is 0 Å². The third-order valence-corrected chi connectivity index (χ3v) is 2.21. The van der Waals surface area contributed by atoms with E-state index in [1.807, 2.05) is 7.05 Å². The topological polar surface area (TPSA) is 58.4 Å². The molecule has 1 rings (SSSR count). The molecule has 0 aromatic heterocycles. The molecule has 1 heterocycles. The summed E-state index contributed by atoms with van der Waals surface area (Å²) in [7, 11) is 2.04. The molecule has 0 saturated carbocycles.